The van der Waals surface area contributed by atoms with Crippen LogP contribution in [0, 0.1) is 0 Å². The van der Waals surface area contributed by atoms with Gasteiger partial charge in [-0.05, 0) is 12.1 Å². The number of aromatic nitrogens is 1. The third-order valence-corrected chi connectivity index (χ3v) is 3.89. The third-order valence-electron chi connectivity index (χ3n) is 3.89. The number of phosphoric acid groups is 1. The maximum Gasteiger partial charge on any atom is 0.466 e. The molecule has 1 aliphatic carbocycles. The number of ether oxygens (including phenoxy) is 1. The van der Waals surface area contributed by atoms with Gasteiger partial charge < -0.3 is 49.9 Å². The average molecular weight is 393 g/mol. The smallest absolute Gasteiger partial charge is 0.466 e. The normalized spacial score (nSPS) is 32.0. The van der Waals surface area contributed by atoms with Gasteiger partial charge in [-0.2, -0.15) is 0 Å². The van der Waals surface area contributed by atoms with Crippen molar-refractivity contribution in [3.05, 3.63) is 30.5 Å². The molecule has 146 valence electrons. The van der Waals surface area contributed by atoms with Crippen LogP contribution in [0.25, 0.3) is 10.9 Å². The van der Waals surface area contributed by atoms with Crippen molar-refractivity contribution in [2.24, 2.45) is 0 Å². The zero-order chi connectivity index (χ0) is 19.6. The van der Waals surface area contributed by atoms with E-state index in [0.29, 0.717) is 5.75 Å². The minimum Gasteiger partial charge on any atom is -0.483 e. The highest BCUT2D eigenvalue weighted by atomic mass is 31.2. The van der Waals surface area contributed by atoms with Crippen molar-refractivity contribution in [1.82, 2.24) is 4.98 Å². The first-order valence-corrected chi connectivity index (χ1v) is 8.98. The number of hydrogen-bond donors (Lipinski definition) is 9. The second kappa shape index (κ2) is 8.01. The van der Waals surface area contributed by atoms with Crippen molar-refractivity contribution >= 4 is 18.7 Å². The molecule has 2 aromatic rings. The molecule has 26 heavy (non-hydrogen) atoms. The van der Waals surface area contributed by atoms with Crippen LogP contribution < -0.4 is 4.74 Å². The van der Waals surface area contributed by atoms with Gasteiger partial charge in [0.05, 0.1) is 0 Å². The molecule has 1 aromatic carbocycles. The lowest BCUT2D eigenvalue weighted by molar-refractivity contribution is -0.216. The summed E-state index contributed by atoms with van der Waals surface area (Å²) in [6.45, 7) is 0. The van der Waals surface area contributed by atoms with E-state index in [2.05, 4.69) is 4.98 Å². The standard InChI is InChI=1S/C14H17NO6.H3O4P/c16-9-10(17)12(19)14(13(20)11(9)18)21-8-5-15-7-4-2-1-3-6(7)8;1-5(2,3)4/h1-5,9-20H;(H3,1,2,3,4)/t9?,10-,11+,12-,13-,14?;/m0./s1. The molecule has 11 nitrogen and oxygen atoms in total. The molecule has 1 fully saturated rings. The summed E-state index contributed by atoms with van der Waals surface area (Å²) < 4.78 is 14.4. The van der Waals surface area contributed by atoms with Crippen LogP contribution in [0.4, 0.5) is 0 Å². The number of H-pyrrole nitrogens is 1. The van der Waals surface area contributed by atoms with Gasteiger partial charge in [0.25, 0.3) is 0 Å². The van der Waals surface area contributed by atoms with E-state index < -0.39 is 44.4 Å². The van der Waals surface area contributed by atoms with Gasteiger partial charge in [-0.3, -0.25) is 0 Å². The fraction of sp³-hybridized carbons (Fsp3) is 0.429. The summed E-state index contributed by atoms with van der Waals surface area (Å²) in [5, 5.41) is 49.5. The van der Waals surface area contributed by atoms with Crippen LogP contribution in [-0.2, 0) is 4.57 Å². The molecule has 0 saturated heterocycles. The number of benzene rings is 1. The molecular formula is C14H20NO10P. The minimum atomic E-state index is -4.64. The lowest BCUT2D eigenvalue weighted by atomic mass is 9.85. The zero-order valence-corrected chi connectivity index (χ0v) is 14.1. The Balaban J connectivity index is 0.000000431. The number of aromatic amines is 1. The van der Waals surface area contributed by atoms with Gasteiger partial charge >= 0.3 is 7.82 Å². The second-order valence-corrected chi connectivity index (χ2v) is 6.77. The van der Waals surface area contributed by atoms with E-state index in [1.807, 2.05) is 18.2 Å². The molecular weight excluding hydrogens is 373 g/mol. The molecule has 0 amide bonds. The van der Waals surface area contributed by atoms with Crippen molar-refractivity contribution in [2.75, 3.05) is 0 Å². The molecule has 12 heteroatoms. The zero-order valence-electron chi connectivity index (χ0n) is 13.2. The molecule has 0 spiro atoms. The van der Waals surface area contributed by atoms with E-state index in [-0.39, 0.29) is 0 Å². The predicted octanol–water partition coefficient (Wildman–Crippen LogP) is -2.20. The van der Waals surface area contributed by atoms with E-state index in [1.54, 1.807) is 12.3 Å². The highest BCUT2D eigenvalue weighted by Crippen LogP contribution is 2.30. The summed E-state index contributed by atoms with van der Waals surface area (Å²) in [7, 11) is -4.64. The number of nitrogens with one attached hydrogen (secondary N) is 1. The Morgan fingerprint density at radius 1 is 0.846 bits per heavy atom. The number of para-hydroxylation sites is 1. The fourth-order valence-corrected chi connectivity index (χ4v) is 2.63. The van der Waals surface area contributed by atoms with Gasteiger partial charge in [0, 0.05) is 17.1 Å². The van der Waals surface area contributed by atoms with E-state index >= 15 is 0 Å². The van der Waals surface area contributed by atoms with Crippen LogP contribution in [0.2, 0.25) is 0 Å². The molecule has 0 bridgehead atoms. The number of aliphatic hydroxyl groups excluding tert-OH is 5. The Bertz CT molecular complexity index is 752. The van der Waals surface area contributed by atoms with Gasteiger partial charge in [-0.15, -0.1) is 0 Å². The fourth-order valence-electron chi connectivity index (χ4n) is 2.63. The number of fused-ring (bicyclic) bond motifs is 1. The SMILES string of the molecule is O=P(O)(O)O.OC1[C@@H](O)[C@H](O)C(Oc2c[nH]c3ccccc23)[C@@H](O)[C@H]1O. The Kier molecular flexibility index (Phi) is 6.40. The summed E-state index contributed by atoms with van der Waals surface area (Å²) in [6.07, 6.45) is -7.56. The molecule has 0 radical (unpaired) electrons. The van der Waals surface area contributed by atoms with E-state index in [1.165, 1.54) is 0 Å². The van der Waals surface area contributed by atoms with Gasteiger partial charge in [0.15, 0.2) is 6.10 Å². The summed E-state index contributed by atoms with van der Waals surface area (Å²) >= 11 is 0. The van der Waals surface area contributed by atoms with Crippen LogP contribution in [0.15, 0.2) is 30.5 Å². The van der Waals surface area contributed by atoms with Crippen LogP contribution in [0.3, 0.4) is 0 Å². The maximum atomic E-state index is 9.95. The predicted molar refractivity (Wildman–Crippen MR) is 87.0 cm³/mol. The molecule has 3 rings (SSSR count). The lowest BCUT2D eigenvalue weighted by Crippen LogP contribution is -2.65. The Labute approximate surface area is 147 Å². The van der Waals surface area contributed by atoms with Crippen LogP contribution in [-0.4, -0.2) is 81.8 Å². The summed E-state index contributed by atoms with van der Waals surface area (Å²) in [5.41, 5.74) is 0.813. The summed E-state index contributed by atoms with van der Waals surface area (Å²) in [6, 6.07) is 7.29. The largest absolute Gasteiger partial charge is 0.483 e. The van der Waals surface area contributed by atoms with Crippen molar-refractivity contribution in [2.45, 2.75) is 36.6 Å². The third kappa shape index (κ3) is 4.80. The first-order valence-electron chi connectivity index (χ1n) is 7.42. The van der Waals surface area contributed by atoms with Crippen molar-refractivity contribution in [3.63, 3.8) is 0 Å². The van der Waals surface area contributed by atoms with Crippen molar-refractivity contribution < 1.29 is 49.5 Å². The average Bonchev–Trinajstić information content (AvgIpc) is 2.97. The summed E-state index contributed by atoms with van der Waals surface area (Å²) in [5.74, 6) is 0.379. The molecule has 6 atom stereocenters. The molecule has 2 unspecified atom stereocenters. The molecule has 9 N–H and O–H groups in total. The molecule has 1 saturated carbocycles. The molecule has 1 aliphatic rings. The maximum absolute atomic E-state index is 9.95. The van der Waals surface area contributed by atoms with Crippen molar-refractivity contribution in [3.8, 4) is 5.75 Å². The van der Waals surface area contributed by atoms with E-state index in [4.69, 9.17) is 24.0 Å². The van der Waals surface area contributed by atoms with E-state index in [9.17, 15) is 25.5 Å². The van der Waals surface area contributed by atoms with Crippen LogP contribution in [0.1, 0.15) is 0 Å². The Morgan fingerprint density at radius 3 is 1.85 bits per heavy atom. The monoisotopic (exact) mass is 393 g/mol. The Hall–Kier alpha value is -1.53. The number of hydrogen-bond acceptors (Lipinski definition) is 7. The van der Waals surface area contributed by atoms with Gasteiger partial charge in [-0.1, -0.05) is 12.1 Å². The first kappa shape index (κ1) is 20.8. The highest BCUT2D eigenvalue weighted by Gasteiger charge is 2.49. The van der Waals surface area contributed by atoms with E-state index in [0.717, 1.165) is 10.9 Å². The minimum absolute atomic E-state index is 0.379. The topological polar surface area (TPSA) is 204 Å². The Morgan fingerprint density at radius 2 is 1.31 bits per heavy atom. The molecule has 1 heterocycles. The molecule has 0 aliphatic heterocycles. The number of aliphatic hydroxyl groups is 5. The van der Waals surface area contributed by atoms with Gasteiger partial charge in [0.1, 0.15) is 36.3 Å². The number of rotatable bonds is 2. The van der Waals surface area contributed by atoms with Crippen LogP contribution >= 0.6 is 7.82 Å². The highest BCUT2D eigenvalue weighted by molar-refractivity contribution is 7.45. The summed E-state index contributed by atoms with van der Waals surface area (Å²) in [4.78, 5) is 24.5. The van der Waals surface area contributed by atoms with Crippen LogP contribution in [0.5, 0.6) is 5.75 Å². The van der Waals surface area contributed by atoms with Gasteiger partial charge in [-0.25, -0.2) is 4.57 Å². The first-order chi connectivity index (χ1) is 12.0. The van der Waals surface area contributed by atoms with Gasteiger partial charge in [0.2, 0.25) is 0 Å². The van der Waals surface area contributed by atoms with Crippen molar-refractivity contribution in [1.29, 1.82) is 0 Å². The molecule has 1 aromatic heterocycles. The quantitative estimate of drug-likeness (QED) is 0.252. The lowest BCUT2D eigenvalue weighted by Gasteiger charge is -2.41. The second-order valence-electron chi connectivity index (χ2n) is 5.75.